The first kappa shape index (κ1) is 22.1. The zero-order chi connectivity index (χ0) is 23.9. The van der Waals surface area contributed by atoms with E-state index in [0.29, 0.717) is 24.1 Å². The largest absolute Gasteiger partial charge is 0.433 e. The Hall–Kier alpha value is -3.76. The number of alkyl halides is 3. The molecule has 0 aliphatic heterocycles. The number of carbonyl (C=O) groups excluding carboxylic acids is 1. The molecule has 0 saturated heterocycles. The molecule has 3 heterocycles. The Bertz CT molecular complexity index is 1370. The first-order valence-electron chi connectivity index (χ1n) is 10.8. The quantitative estimate of drug-likeness (QED) is 0.425. The van der Waals surface area contributed by atoms with Crippen molar-refractivity contribution in [2.75, 3.05) is 5.32 Å². The number of nitrogens with one attached hydrogen (secondary N) is 2. The standard InChI is InChI=1S/C23H20F4N6O/c24-14-5-6-18-17(8-14)19(10-20(31-18)23(25,26)27)29-15-2-1-3-16(9-15)30-22(34)13-4-7-21-32-28-12-33(21)11-13/h4-8,10-12,15-16H,1-3,9H2,(H,29,31)(H,30,34)/t15-,16+/m0/s1. The fourth-order valence-corrected chi connectivity index (χ4v) is 4.37. The van der Waals surface area contributed by atoms with Crippen LogP contribution in [0.2, 0.25) is 0 Å². The maximum atomic E-state index is 13.8. The fourth-order valence-electron chi connectivity index (χ4n) is 4.37. The van der Waals surface area contributed by atoms with Crippen LogP contribution in [0.4, 0.5) is 23.2 Å². The summed E-state index contributed by atoms with van der Waals surface area (Å²) in [5.41, 5.74) is 0.264. The molecule has 0 bridgehead atoms. The molecule has 176 valence electrons. The summed E-state index contributed by atoms with van der Waals surface area (Å²) in [7, 11) is 0. The van der Waals surface area contributed by atoms with Crippen molar-refractivity contribution in [1.82, 2.24) is 24.9 Å². The number of rotatable bonds is 4. The Kier molecular flexibility index (Phi) is 5.54. The monoisotopic (exact) mass is 472 g/mol. The summed E-state index contributed by atoms with van der Waals surface area (Å²) in [6, 6.07) is 7.40. The summed E-state index contributed by atoms with van der Waals surface area (Å²) < 4.78 is 55.6. The van der Waals surface area contributed by atoms with Crippen LogP contribution in [0.15, 0.2) is 48.9 Å². The van der Waals surface area contributed by atoms with Crippen LogP contribution in [0.5, 0.6) is 0 Å². The number of hydrogen-bond donors (Lipinski definition) is 2. The minimum absolute atomic E-state index is 0.0590. The van der Waals surface area contributed by atoms with E-state index in [1.54, 1.807) is 22.7 Å². The van der Waals surface area contributed by atoms with Gasteiger partial charge in [-0.15, -0.1) is 10.2 Å². The Morgan fingerprint density at radius 3 is 2.74 bits per heavy atom. The topological polar surface area (TPSA) is 84.2 Å². The summed E-state index contributed by atoms with van der Waals surface area (Å²) in [5.74, 6) is -0.812. The molecule has 1 saturated carbocycles. The van der Waals surface area contributed by atoms with Gasteiger partial charge in [0, 0.05) is 29.4 Å². The number of benzene rings is 1. The van der Waals surface area contributed by atoms with E-state index in [4.69, 9.17) is 0 Å². The molecule has 1 aliphatic rings. The summed E-state index contributed by atoms with van der Waals surface area (Å²) in [5, 5.41) is 14.1. The lowest BCUT2D eigenvalue weighted by atomic mass is 9.90. The van der Waals surface area contributed by atoms with Crippen molar-refractivity contribution in [3.8, 4) is 0 Å². The highest BCUT2D eigenvalue weighted by molar-refractivity contribution is 5.94. The van der Waals surface area contributed by atoms with Crippen LogP contribution in [-0.2, 0) is 6.18 Å². The van der Waals surface area contributed by atoms with Crippen molar-refractivity contribution < 1.29 is 22.4 Å². The Morgan fingerprint density at radius 2 is 1.91 bits per heavy atom. The van der Waals surface area contributed by atoms with Gasteiger partial charge in [-0.1, -0.05) is 0 Å². The average molecular weight is 472 g/mol. The maximum absolute atomic E-state index is 13.8. The minimum atomic E-state index is -4.63. The van der Waals surface area contributed by atoms with E-state index in [2.05, 4.69) is 25.8 Å². The van der Waals surface area contributed by atoms with Crippen LogP contribution in [0.3, 0.4) is 0 Å². The van der Waals surface area contributed by atoms with E-state index in [1.165, 1.54) is 18.5 Å². The lowest BCUT2D eigenvalue weighted by molar-refractivity contribution is -0.140. The van der Waals surface area contributed by atoms with Crippen molar-refractivity contribution in [3.63, 3.8) is 0 Å². The van der Waals surface area contributed by atoms with Crippen molar-refractivity contribution in [2.24, 2.45) is 0 Å². The molecule has 0 radical (unpaired) electrons. The van der Waals surface area contributed by atoms with Gasteiger partial charge in [-0.3, -0.25) is 9.20 Å². The van der Waals surface area contributed by atoms with E-state index in [-0.39, 0.29) is 34.6 Å². The molecule has 7 nitrogen and oxygen atoms in total. The Balaban J connectivity index is 1.34. The summed E-state index contributed by atoms with van der Waals surface area (Å²) in [4.78, 5) is 16.4. The zero-order valence-corrected chi connectivity index (χ0v) is 17.8. The molecule has 3 aromatic heterocycles. The molecule has 1 aromatic carbocycles. The van der Waals surface area contributed by atoms with E-state index in [1.807, 2.05) is 0 Å². The number of carbonyl (C=O) groups is 1. The molecular weight excluding hydrogens is 452 g/mol. The third-order valence-corrected chi connectivity index (χ3v) is 5.98. The van der Waals surface area contributed by atoms with Gasteiger partial charge in [-0.25, -0.2) is 9.37 Å². The summed E-state index contributed by atoms with van der Waals surface area (Å²) in [6.07, 6.45) is 1.26. The molecule has 34 heavy (non-hydrogen) atoms. The molecule has 1 aliphatic carbocycles. The lowest BCUT2D eigenvalue weighted by Gasteiger charge is -2.31. The van der Waals surface area contributed by atoms with Crippen LogP contribution >= 0.6 is 0 Å². The van der Waals surface area contributed by atoms with Crippen molar-refractivity contribution in [2.45, 2.75) is 43.9 Å². The van der Waals surface area contributed by atoms with Gasteiger partial charge >= 0.3 is 6.18 Å². The SMILES string of the molecule is O=C(N[C@@H]1CCC[C@H](Nc2cc(C(F)(F)F)nc3ccc(F)cc23)C1)c1ccc2nncn2c1. The minimum Gasteiger partial charge on any atom is -0.382 e. The van der Waals surface area contributed by atoms with E-state index >= 15 is 0 Å². The van der Waals surface area contributed by atoms with Gasteiger partial charge in [-0.05, 0) is 62.1 Å². The van der Waals surface area contributed by atoms with Gasteiger partial charge in [0.2, 0.25) is 0 Å². The molecule has 2 N–H and O–H groups in total. The lowest BCUT2D eigenvalue weighted by Crippen LogP contribution is -2.41. The number of nitrogens with zero attached hydrogens (tertiary/aromatic N) is 4. The van der Waals surface area contributed by atoms with Crippen molar-refractivity contribution >= 4 is 28.1 Å². The highest BCUT2D eigenvalue weighted by atomic mass is 19.4. The maximum Gasteiger partial charge on any atom is 0.433 e. The van der Waals surface area contributed by atoms with Gasteiger partial charge in [0.05, 0.1) is 11.1 Å². The third-order valence-electron chi connectivity index (χ3n) is 5.98. The number of amides is 1. The van der Waals surface area contributed by atoms with Crippen LogP contribution in [-0.4, -0.2) is 37.6 Å². The average Bonchev–Trinajstić information content (AvgIpc) is 3.27. The van der Waals surface area contributed by atoms with Gasteiger partial charge in [-0.2, -0.15) is 13.2 Å². The van der Waals surface area contributed by atoms with Crippen LogP contribution in [0.1, 0.15) is 41.7 Å². The smallest absolute Gasteiger partial charge is 0.382 e. The third kappa shape index (κ3) is 4.50. The fraction of sp³-hybridized carbons (Fsp3) is 0.304. The van der Waals surface area contributed by atoms with Crippen molar-refractivity contribution in [1.29, 1.82) is 0 Å². The number of aromatic nitrogens is 4. The second kappa shape index (κ2) is 8.54. The summed E-state index contributed by atoms with van der Waals surface area (Å²) >= 11 is 0. The number of anilines is 1. The first-order valence-corrected chi connectivity index (χ1v) is 10.8. The first-order chi connectivity index (χ1) is 16.3. The molecule has 4 aromatic rings. The molecule has 5 rings (SSSR count). The van der Waals surface area contributed by atoms with Crippen LogP contribution in [0.25, 0.3) is 16.6 Å². The second-order valence-corrected chi connectivity index (χ2v) is 8.41. The molecule has 0 unspecified atom stereocenters. The highest BCUT2D eigenvalue weighted by Gasteiger charge is 2.34. The van der Waals surface area contributed by atoms with E-state index in [9.17, 15) is 22.4 Å². The normalized spacial score (nSPS) is 18.8. The molecule has 2 atom stereocenters. The molecule has 1 fully saturated rings. The number of hydrogen-bond acceptors (Lipinski definition) is 5. The van der Waals surface area contributed by atoms with Gasteiger partial charge in [0.15, 0.2) is 5.65 Å². The Labute approximate surface area is 191 Å². The number of pyridine rings is 2. The second-order valence-electron chi connectivity index (χ2n) is 8.41. The molecule has 0 spiro atoms. The van der Waals surface area contributed by atoms with Gasteiger partial charge < -0.3 is 10.6 Å². The van der Waals surface area contributed by atoms with Crippen LogP contribution in [0, 0.1) is 5.82 Å². The predicted molar refractivity (Wildman–Crippen MR) is 117 cm³/mol. The molecular formula is C23H20F4N6O. The highest BCUT2D eigenvalue weighted by Crippen LogP contribution is 2.34. The zero-order valence-electron chi connectivity index (χ0n) is 17.8. The van der Waals surface area contributed by atoms with Gasteiger partial charge in [0.1, 0.15) is 17.8 Å². The van der Waals surface area contributed by atoms with Gasteiger partial charge in [0.25, 0.3) is 5.91 Å². The number of halogens is 4. The molecule has 1 amide bonds. The Morgan fingerprint density at radius 1 is 1.09 bits per heavy atom. The predicted octanol–water partition coefficient (Wildman–Crippen LogP) is 4.59. The van der Waals surface area contributed by atoms with Crippen LogP contribution < -0.4 is 10.6 Å². The van der Waals surface area contributed by atoms with Crippen molar-refractivity contribution in [3.05, 3.63) is 66.0 Å². The van der Waals surface area contributed by atoms with E-state index in [0.717, 1.165) is 25.0 Å². The molecule has 11 heteroatoms. The summed E-state index contributed by atoms with van der Waals surface area (Å²) in [6.45, 7) is 0. The number of fused-ring (bicyclic) bond motifs is 2. The van der Waals surface area contributed by atoms with E-state index < -0.39 is 17.7 Å².